The predicted octanol–water partition coefficient (Wildman–Crippen LogP) is 1.06. The molecule has 9 heteroatoms. The van der Waals surface area contributed by atoms with E-state index >= 15 is 0 Å². The minimum absolute atomic E-state index is 0.0251. The van der Waals surface area contributed by atoms with Crippen molar-refractivity contribution in [3.8, 4) is 17.3 Å². The van der Waals surface area contributed by atoms with Gasteiger partial charge in [0.2, 0.25) is 5.88 Å². The number of tetrazole rings is 1. The zero-order valence-electron chi connectivity index (χ0n) is 13.6. The Hall–Kier alpha value is -3.10. The lowest BCUT2D eigenvalue weighted by Gasteiger charge is -2.17. The Labute approximate surface area is 137 Å². The van der Waals surface area contributed by atoms with Crippen molar-refractivity contribution in [2.75, 3.05) is 0 Å². The molecule has 0 aliphatic rings. The van der Waals surface area contributed by atoms with Crippen molar-refractivity contribution in [1.29, 1.82) is 0 Å². The maximum absolute atomic E-state index is 11.9. The molecular weight excluding hydrogens is 312 g/mol. The maximum atomic E-state index is 11.9. The van der Waals surface area contributed by atoms with E-state index in [0.717, 1.165) is 0 Å². The van der Waals surface area contributed by atoms with Gasteiger partial charge in [0, 0.05) is 19.3 Å². The predicted molar refractivity (Wildman–Crippen MR) is 85.3 cm³/mol. The van der Waals surface area contributed by atoms with Crippen molar-refractivity contribution in [2.24, 2.45) is 7.05 Å². The minimum Gasteiger partial charge on any atom is -0.491 e. The lowest BCUT2D eigenvalue weighted by atomic mass is 10.1. The SMILES string of the molecule is CC(C)Oc1cccc(-n2nn[nH]c2=O)c1COc1ccn(C)n1. The summed E-state index contributed by atoms with van der Waals surface area (Å²) in [7, 11) is 1.81. The fourth-order valence-electron chi connectivity index (χ4n) is 2.23. The highest BCUT2D eigenvalue weighted by molar-refractivity contribution is 5.49. The van der Waals surface area contributed by atoms with Crippen LogP contribution < -0.4 is 15.2 Å². The number of aromatic amines is 1. The molecule has 0 bridgehead atoms. The Morgan fingerprint density at radius 1 is 1.29 bits per heavy atom. The molecule has 0 aliphatic carbocycles. The number of hydrogen-bond acceptors (Lipinski definition) is 6. The zero-order valence-corrected chi connectivity index (χ0v) is 13.6. The summed E-state index contributed by atoms with van der Waals surface area (Å²) in [5.74, 6) is 1.10. The average Bonchev–Trinajstić information content (AvgIpc) is 3.13. The number of hydrogen-bond donors (Lipinski definition) is 1. The van der Waals surface area contributed by atoms with Crippen LogP contribution in [0.1, 0.15) is 19.4 Å². The van der Waals surface area contributed by atoms with Crippen LogP contribution in [0.3, 0.4) is 0 Å². The van der Waals surface area contributed by atoms with Crippen molar-refractivity contribution in [2.45, 2.75) is 26.6 Å². The number of rotatable bonds is 6. The van der Waals surface area contributed by atoms with E-state index in [9.17, 15) is 4.79 Å². The first-order valence-corrected chi connectivity index (χ1v) is 7.46. The van der Waals surface area contributed by atoms with Gasteiger partial charge in [0.25, 0.3) is 0 Å². The molecule has 24 heavy (non-hydrogen) atoms. The molecule has 0 aliphatic heterocycles. The molecule has 126 valence electrons. The summed E-state index contributed by atoms with van der Waals surface area (Å²) in [6, 6.07) is 7.13. The zero-order chi connectivity index (χ0) is 17.1. The Morgan fingerprint density at radius 2 is 2.12 bits per heavy atom. The van der Waals surface area contributed by atoms with Crippen LogP contribution in [-0.4, -0.2) is 36.1 Å². The first-order valence-electron chi connectivity index (χ1n) is 7.46. The Balaban J connectivity index is 1.99. The third-order valence-corrected chi connectivity index (χ3v) is 3.22. The number of nitrogens with one attached hydrogen (secondary N) is 1. The molecule has 2 heterocycles. The molecule has 2 aromatic heterocycles. The highest BCUT2D eigenvalue weighted by atomic mass is 16.5. The number of benzene rings is 1. The van der Waals surface area contributed by atoms with Crippen LogP contribution in [0.15, 0.2) is 35.3 Å². The van der Waals surface area contributed by atoms with Crippen LogP contribution in [0.25, 0.3) is 5.69 Å². The summed E-state index contributed by atoms with van der Waals surface area (Å²) in [6.45, 7) is 4.03. The van der Waals surface area contributed by atoms with Gasteiger partial charge in [-0.2, -0.15) is 4.68 Å². The fraction of sp³-hybridized carbons (Fsp3) is 0.333. The summed E-state index contributed by atoms with van der Waals surface area (Å²) >= 11 is 0. The molecule has 0 radical (unpaired) electrons. The normalized spacial score (nSPS) is 11.0. The average molecular weight is 330 g/mol. The molecule has 3 aromatic rings. The van der Waals surface area contributed by atoms with Crippen LogP contribution in [0.2, 0.25) is 0 Å². The third kappa shape index (κ3) is 3.29. The molecule has 0 amide bonds. The largest absolute Gasteiger partial charge is 0.491 e. The lowest BCUT2D eigenvalue weighted by Crippen LogP contribution is -2.19. The summed E-state index contributed by atoms with van der Waals surface area (Å²) in [5.41, 5.74) is 0.798. The van der Waals surface area contributed by atoms with Gasteiger partial charge in [-0.15, -0.1) is 5.10 Å². The first-order chi connectivity index (χ1) is 11.5. The van der Waals surface area contributed by atoms with Crippen LogP contribution in [0.4, 0.5) is 0 Å². The van der Waals surface area contributed by atoms with Crippen LogP contribution in [0.5, 0.6) is 11.6 Å². The molecule has 0 fully saturated rings. The van der Waals surface area contributed by atoms with Gasteiger partial charge in [-0.05, 0) is 36.4 Å². The smallest absolute Gasteiger partial charge is 0.365 e. The quantitative estimate of drug-likeness (QED) is 0.725. The second kappa shape index (κ2) is 6.57. The maximum Gasteiger partial charge on any atom is 0.365 e. The number of aromatic nitrogens is 6. The van der Waals surface area contributed by atoms with E-state index in [1.54, 1.807) is 29.1 Å². The molecule has 1 aromatic carbocycles. The van der Waals surface area contributed by atoms with E-state index in [2.05, 4.69) is 20.6 Å². The molecule has 3 rings (SSSR count). The van der Waals surface area contributed by atoms with E-state index in [0.29, 0.717) is 22.9 Å². The van der Waals surface area contributed by atoms with Crippen molar-refractivity contribution in [3.05, 3.63) is 46.5 Å². The number of H-pyrrole nitrogens is 1. The van der Waals surface area contributed by atoms with Crippen molar-refractivity contribution in [1.82, 2.24) is 30.0 Å². The Kier molecular flexibility index (Phi) is 4.32. The second-order valence-corrected chi connectivity index (χ2v) is 5.45. The standard InChI is InChI=1S/C15H18N6O3/c1-10(2)24-13-6-4-5-12(21-15(22)16-18-19-21)11(13)9-23-14-7-8-20(3)17-14/h4-8,10H,9H2,1-3H3,(H,16,19,22). The van der Waals surface area contributed by atoms with Crippen molar-refractivity contribution >= 4 is 0 Å². The molecule has 9 nitrogen and oxygen atoms in total. The van der Waals surface area contributed by atoms with E-state index in [1.165, 1.54) is 4.68 Å². The van der Waals surface area contributed by atoms with Crippen LogP contribution in [0, 0.1) is 0 Å². The topological polar surface area (TPSA) is 99.9 Å². The van der Waals surface area contributed by atoms with Gasteiger partial charge in [0.1, 0.15) is 12.4 Å². The monoisotopic (exact) mass is 330 g/mol. The molecular formula is C15H18N6O3. The van der Waals surface area contributed by atoms with Gasteiger partial charge < -0.3 is 9.47 Å². The van der Waals surface area contributed by atoms with E-state index < -0.39 is 5.69 Å². The van der Waals surface area contributed by atoms with Gasteiger partial charge in [-0.1, -0.05) is 6.07 Å². The fourth-order valence-corrected chi connectivity index (χ4v) is 2.23. The summed E-state index contributed by atoms with van der Waals surface area (Å²) in [5, 5.41) is 13.8. The molecule has 0 saturated carbocycles. The van der Waals surface area contributed by atoms with Crippen molar-refractivity contribution < 1.29 is 9.47 Å². The van der Waals surface area contributed by atoms with Gasteiger partial charge in [0.05, 0.1) is 17.4 Å². The molecule has 1 N–H and O–H groups in total. The third-order valence-electron chi connectivity index (χ3n) is 3.22. The van der Waals surface area contributed by atoms with Crippen LogP contribution in [-0.2, 0) is 13.7 Å². The number of nitrogens with zero attached hydrogens (tertiary/aromatic N) is 5. The summed E-state index contributed by atoms with van der Waals surface area (Å²) in [6.07, 6.45) is 1.76. The number of aryl methyl sites for hydroxylation is 1. The van der Waals surface area contributed by atoms with Gasteiger partial charge in [0.15, 0.2) is 0 Å². The van der Waals surface area contributed by atoms with Crippen LogP contribution >= 0.6 is 0 Å². The van der Waals surface area contributed by atoms with E-state index in [1.807, 2.05) is 27.0 Å². The highest BCUT2D eigenvalue weighted by Gasteiger charge is 2.16. The van der Waals surface area contributed by atoms with Gasteiger partial charge in [-0.25, -0.2) is 9.89 Å². The van der Waals surface area contributed by atoms with E-state index in [4.69, 9.17) is 9.47 Å². The van der Waals surface area contributed by atoms with E-state index in [-0.39, 0.29) is 12.7 Å². The molecule has 0 spiro atoms. The molecule has 0 unspecified atom stereocenters. The van der Waals surface area contributed by atoms with Gasteiger partial charge in [-0.3, -0.25) is 4.68 Å². The number of ether oxygens (including phenoxy) is 2. The summed E-state index contributed by atoms with van der Waals surface area (Å²) in [4.78, 5) is 11.9. The minimum atomic E-state index is -0.434. The second-order valence-electron chi connectivity index (χ2n) is 5.45. The molecule has 0 atom stereocenters. The first kappa shape index (κ1) is 15.8. The van der Waals surface area contributed by atoms with Crippen molar-refractivity contribution in [3.63, 3.8) is 0 Å². The molecule has 0 saturated heterocycles. The Morgan fingerprint density at radius 3 is 2.75 bits per heavy atom. The van der Waals surface area contributed by atoms with Gasteiger partial charge >= 0.3 is 5.69 Å². The Bertz CT molecular complexity index is 879. The lowest BCUT2D eigenvalue weighted by molar-refractivity contribution is 0.228. The summed E-state index contributed by atoms with van der Waals surface area (Å²) < 4.78 is 14.4. The highest BCUT2D eigenvalue weighted by Crippen LogP contribution is 2.26.